The number of rotatable bonds is 6. The topological polar surface area (TPSA) is 68.9 Å². The lowest BCUT2D eigenvalue weighted by atomic mass is 10.2. The van der Waals surface area contributed by atoms with Crippen molar-refractivity contribution in [3.63, 3.8) is 0 Å². The maximum absolute atomic E-state index is 8.77. The number of aliphatic hydroxyl groups excluding tert-OH is 1. The number of hydrogen-bond donors (Lipinski definition) is 2. The normalized spacial score (nSPS) is 9.60. The van der Waals surface area contributed by atoms with Crippen LogP contribution in [0.25, 0.3) is 0 Å². The molecule has 1 aromatic rings. The zero-order chi connectivity index (χ0) is 10.9. The van der Waals surface area contributed by atoms with E-state index in [0.717, 1.165) is 31.5 Å². The van der Waals surface area contributed by atoms with Crippen LogP contribution < -0.4 is 5.32 Å². The van der Waals surface area contributed by atoms with Gasteiger partial charge in [-0.1, -0.05) is 0 Å². The fourth-order valence-electron chi connectivity index (χ4n) is 1.27. The molecule has 1 rings (SSSR count). The first kappa shape index (κ1) is 11.5. The molecule has 15 heavy (non-hydrogen) atoms. The molecule has 0 saturated heterocycles. The van der Waals surface area contributed by atoms with E-state index in [4.69, 9.17) is 10.4 Å². The van der Waals surface area contributed by atoms with Crippen molar-refractivity contribution in [3.05, 3.63) is 24.0 Å². The molecule has 0 unspecified atom stereocenters. The Kier molecular flexibility index (Phi) is 5.20. The van der Waals surface area contributed by atoms with Crippen LogP contribution in [0, 0.1) is 11.3 Å². The van der Waals surface area contributed by atoms with Gasteiger partial charge in [-0.05, 0) is 31.4 Å². The second kappa shape index (κ2) is 6.80. The third kappa shape index (κ3) is 3.96. The van der Waals surface area contributed by atoms with Crippen LogP contribution in [0.1, 0.15) is 25.0 Å². The Labute approximate surface area is 89.6 Å². The summed E-state index contributed by atoms with van der Waals surface area (Å²) in [5.74, 6) is 0. The van der Waals surface area contributed by atoms with Gasteiger partial charge in [-0.3, -0.25) is 0 Å². The van der Waals surface area contributed by atoms with Gasteiger partial charge in [0, 0.05) is 19.3 Å². The van der Waals surface area contributed by atoms with Crippen molar-refractivity contribution in [2.75, 3.05) is 18.5 Å². The van der Waals surface area contributed by atoms with Gasteiger partial charge >= 0.3 is 0 Å². The minimum atomic E-state index is 0.246. The Bertz CT molecular complexity index is 333. The van der Waals surface area contributed by atoms with Crippen molar-refractivity contribution >= 4 is 5.69 Å². The number of aromatic nitrogens is 1. The Morgan fingerprint density at radius 2 is 2.27 bits per heavy atom. The van der Waals surface area contributed by atoms with Gasteiger partial charge in [0.1, 0.15) is 6.07 Å². The van der Waals surface area contributed by atoms with E-state index in [0.29, 0.717) is 5.69 Å². The molecule has 1 aromatic heterocycles. The Hall–Kier alpha value is -1.60. The number of nitriles is 1. The molecule has 0 bridgehead atoms. The third-order valence-electron chi connectivity index (χ3n) is 2.06. The molecular formula is C11H15N3O. The Morgan fingerprint density at radius 3 is 3.00 bits per heavy atom. The smallest absolute Gasteiger partial charge is 0.163 e. The van der Waals surface area contributed by atoms with Gasteiger partial charge in [0.05, 0.1) is 5.69 Å². The highest BCUT2D eigenvalue weighted by Gasteiger charge is 1.99. The molecule has 80 valence electrons. The molecule has 0 spiro atoms. The van der Waals surface area contributed by atoms with Crippen LogP contribution in [0.15, 0.2) is 18.3 Å². The summed E-state index contributed by atoms with van der Waals surface area (Å²) in [6.07, 6.45) is 4.42. The summed E-state index contributed by atoms with van der Waals surface area (Å²) in [6, 6.07) is 5.68. The van der Waals surface area contributed by atoms with Gasteiger partial charge in [-0.2, -0.15) is 5.26 Å². The number of nitrogens with one attached hydrogen (secondary N) is 1. The maximum Gasteiger partial charge on any atom is 0.163 e. The SMILES string of the molecule is N#Cc1ncccc1NCCCCCO. The largest absolute Gasteiger partial charge is 0.396 e. The van der Waals surface area contributed by atoms with Crippen LogP contribution in [0.3, 0.4) is 0 Å². The molecule has 0 aliphatic rings. The number of nitrogens with zero attached hydrogens (tertiary/aromatic N) is 2. The highest BCUT2D eigenvalue weighted by Crippen LogP contribution is 2.10. The highest BCUT2D eigenvalue weighted by molar-refractivity contribution is 5.53. The fourth-order valence-corrected chi connectivity index (χ4v) is 1.27. The summed E-state index contributed by atoms with van der Waals surface area (Å²) in [6.45, 7) is 1.05. The molecule has 0 radical (unpaired) electrons. The van der Waals surface area contributed by atoms with Gasteiger partial charge in [0.2, 0.25) is 0 Å². The number of aliphatic hydroxyl groups is 1. The van der Waals surface area contributed by atoms with Gasteiger partial charge in [0.15, 0.2) is 5.69 Å². The van der Waals surface area contributed by atoms with E-state index >= 15 is 0 Å². The molecule has 0 fully saturated rings. The summed E-state index contributed by atoms with van der Waals surface area (Å²) >= 11 is 0. The first-order chi connectivity index (χ1) is 7.38. The van der Waals surface area contributed by atoms with Crippen molar-refractivity contribution in [3.8, 4) is 6.07 Å². The van der Waals surface area contributed by atoms with Crippen molar-refractivity contribution in [2.45, 2.75) is 19.3 Å². The van der Waals surface area contributed by atoms with E-state index in [1.54, 1.807) is 12.3 Å². The van der Waals surface area contributed by atoms with Crippen LogP contribution in [0.2, 0.25) is 0 Å². The minimum Gasteiger partial charge on any atom is -0.396 e. The van der Waals surface area contributed by atoms with Crippen molar-refractivity contribution in [1.29, 1.82) is 5.26 Å². The van der Waals surface area contributed by atoms with Crippen molar-refractivity contribution < 1.29 is 5.11 Å². The second-order valence-electron chi connectivity index (χ2n) is 3.22. The summed E-state index contributed by atoms with van der Waals surface area (Å²) < 4.78 is 0. The zero-order valence-electron chi connectivity index (χ0n) is 8.61. The molecule has 1 heterocycles. The first-order valence-corrected chi connectivity index (χ1v) is 5.08. The number of pyridine rings is 1. The van der Waals surface area contributed by atoms with Crippen LogP contribution in [-0.2, 0) is 0 Å². The minimum absolute atomic E-state index is 0.246. The van der Waals surface area contributed by atoms with Crippen molar-refractivity contribution in [1.82, 2.24) is 4.98 Å². The van der Waals surface area contributed by atoms with E-state index in [1.807, 2.05) is 12.1 Å². The van der Waals surface area contributed by atoms with Crippen molar-refractivity contribution in [2.24, 2.45) is 0 Å². The predicted octanol–water partition coefficient (Wildman–Crippen LogP) is 1.53. The molecule has 0 amide bonds. The average molecular weight is 205 g/mol. The first-order valence-electron chi connectivity index (χ1n) is 5.08. The summed E-state index contributed by atoms with van der Waals surface area (Å²) in [5, 5.41) is 20.5. The zero-order valence-corrected chi connectivity index (χ0v) is 8.61. The standard InChI is InChI=1S/C11H15N3O/c12-9-11-10(5-4-7-14-11)13-6-2-1-3-8-15/h4-5,7,13,15H,1-3,6,8H2. The van der Waals surface area contributed by atoms with E-state index in [2.05, 4.69) is 10.3 Å². The van der Waals surface area contributed by atoms with Gasteiger partial charge < -0.3 is 10.4 Å². The average Bonchev–Trinajstić information content (AvgIpc) is 2.29. The van der Waals surface area contributed by atoms with Crippen LogP contribution in [0.4, 0.5) is 5.69 Å². The van der Waals surface area contributed by atoms with E-state index in [-0.39, 0.29) is 6.61 Å². The highest BCUT2D eigenvalue weighted by atomic mass is 16.2. The molecule has 0 aliphatic carbocycles. The number of anilines is 1. The summed E-state index contributed by atoms with van der Waals surface area (Å²) in [5.41, 5.74) is 1.21. The van der Waals surface area contributed by atoms with Gasteiger partial charge in [0.25, 0.3) is 0 Å². The monoisotopic (exact) mass is 205 g/mol. The predicted molar refractivity (Wildman–Crippen MR) is 58.4 cm³/mol. The molecular weight excluding hydrogens is 190 g/mol. The van der Waals surface area contributed by atoms with Gasteiger partial charge in [-0.15, -0.1) is 0 Å². The quantitative estimate of drug-likeness (QED) is 0.691. The number of unbranched alkanes of at least 4 members (excludes halogenated alkanes) is 2. The van der Waals surface area contributed by atoms with E-state index in [9.17, 15) is 0 Å². The number of hydrogen-bond acceptors (Lipinski definition) is 4. The summed E-state index contributed by atoms with van der Waals surface area (Å²) in [4.78, 5) is 3.95. The Balaban J connectivity index is 2.34. The lowest BCUT2D eigenvalue weighted by molar-refractivity contribution is 0.283. The second-order valence-corrected chi connectivity index (χ2v) is 3.22. The molecule has 2 N–H and O–H groups in total. The summed E-state index contributed by atoms with van der Waals surface area (Å²) in [7, 11) is 0. The van der Waals surface area contributed by atoms with Gasteiger partial charge in [-0.25, -0.2) is 4.98 Å². The maximum atomic E-state index is 8.77. The lowest BCUT2D eigenvalue weighted by Crippen LogP contribution is -2.04. The van der Waals surface area contributed by atoms with Crippen LogP contribution >= 0.6 is 0 Å². The van der Waals surface area contributed by atoms with E-state index < -0.39 is 0 Å². The van der Waals surface area contributed by atoms with Crippen LogP contribution in [-0.4, -0.2) is 23.2 Å². The molecule has 0 aromatic carbocycles. The lowest BCUT2D eigenvalue weighted by Gasteiger charge is -2.06. The Morgan fingerprint density at radius 1 is 1.40 bits per heavy atom. The molecule has 4 heteroatoms. The fraction of sp³-hybridized carbons (Fsp3) is 0.455. The van der Waals surface area contributed by atoms with Crippen LogP contribution in [0.5, 0.6) is 0 Å². The molecule has 4 nitrogen and oxygen atoms in total. The molecule has 0 saturated carbocycles. The molecule has 0 atom stereocenters. The third-order valence-corrected chi connectivity index (χ3v) is 2.06. The molecule has 0 aliphatic heterocycles. The van der Waals surface area contributed by atoms with E-state index in [1.165, 1.54) is 0 Å².